The second kappa shape index (κ2) is 12.7. The van der Waals surface area contributed by atoms with Gasteiger partial charge in [0.2, 0.25) is 0 Å². The van der Waals surface area contributed by atoms with Gasteiger partial charge in [0.1, 0.15) is 0 Å². The van der Waals surface area contributed by atoms with Crippen LogP contribution in [0.5, 0.6) is 0 Å². The molecule has 1 unspecified atom stereocenters. The van der Waals surface area contributed by atoms with E-state index in [0.29, 0.717) is 5.92 Å². The van der Waals surface area contributed by atoms with Gasteiger partial charge in [-0.15, -0.1) is 0 Å². The number of hydrogen-bond acceptors (Lipinski definition) is 5. The van der Waals surface area contributed by atoms with Crippen molar-refractivity contribution in [2.24, 2.45) is 0 Å². The van der Waals surface area contributed by atoms with E-state index in [1.54, 1.807) is 38.4 Å². The first-order valence-electron chi connectivity index (χ1n) is 9.00. The standard InChI is InChI=1S/C8H11N.2C7H9NO/c1-7(2)8-5-3-4-6-9-8;2*1-6(9)7-4-2-3-5-8-7/h3-7H,1-2H3;2*2-6,9H,1H3/t;6-;/m.1./s1. The maximum Gasteiger partial charge on any atom is 0.0931 e. The Labute approximate surface area is 161 Å². The second-order valence-corrected chi connectivity index (χ2v) is 6.27. The molecule has 3 heterocycles. The molecule has 0 radical (unpaired) electrons. The van der Waals surface area contributed by atoms with Crippen LogP contribution in [0.2, 0.25) is 0 Å². The van der Waals surface area contributed by atoms with Crippen molar-refractivity contribution >= 4 is 0 Å². The Balaban J connectivity index is 0.000000202. The smallest absolute Gasteiger partial charge is 0.0931 e. The Morgan fingerprint density at radius 3 is 1.04 bits per heavy atom. The van der Waals surface area contributed by atoms with Crippen molar-refractivity contribution in [3.63, 3.8) is 0 Å². The van der Waals surface area contributed by atoms with E-state index in [9.17, 15) is 0 Å². The number of rotatable bonds is 3. The lowest BCUT2D eigenvalue weighted by Gasteiger charge is -2.00. The molecule has 0 aromatic carbocycles. The summed E-state index contributed by atoms with van der Waals surface area (Å²) >= 11 is 0. The minimum atomic E-state index is -0.453. The minimum Gasteiger partial charge on any atom is -0.387 e. The summed E-state index contributed by atoms with van der Waals surface area (Å²) < 4.78 is 0. The molecular weight excluding hydrogens is 338 g/mol. The molecule has 2 N–H and O–H groups in total. The van der Waals surface area contributed by atoms with Gasteiger partial charge in [0.05, 0.1) is 23.6 Å². The fourth-order valence-electron chi connectivity index (χ4n) is 1.96. The summed E-state index contributed by atoms with van der Waals surface area (Å²) in [5, 5.41) is 17.9. The predicted octanol–water partition coefficient (Wildman–Crippen LogP) is 4.47. The summed E-state index contributed by atoms with van der Waals surface area (Å²) in [6, 6.07) is 17.0. The van der Waals surface area contributed by atoms with E-state index < -0.39 is 12.2 Å². The number of aromatic nitrogens is 3. The lowest BCUT2D eigenvalue weighted by atomic mass is 10.1. The molecule has 5 heteroatoms. The van der Waals surface area contributed by atoms with Gasteiger partial charge in [-0.1, -0.05) is 32.0 Å². The van der Waals surface area contributed by atoms with Crippen molar-refractivity contribution in [2.75, 3.05) is 0 Å². The van der Waals surface area contributed by atoms with E-state index in [1.807, 2.05) is 48.7 Å². The van der Waals surface area contributed by atoms with Gasteiger partial charge in [0.15, 0.2) is 0 Å². The van der Waals surface area contributed by atoms with Crippen molar-refractivity contribution in [3.8, 4) is 0 Å². The summed E-state index contributed by atoms with van der Waals surface area (Å²) in [6.45, 7) is 7.68. The molecule has 3 rings (SSSR count). The van der Waals surface area contributed by atoms with Crippen LogP contribution in [0.15, 0.2) is 73.2 Å². The van der Waals surface area contributed by atoms with Crippen LogP contribution in [0.4, 0.5) is 0 Å². The third-order valence-electron chi connectivity index (χ3n) is 3.51. The normalized spacial score (nSPS) is 12.1. The van der Waals surface area contributed by atoms with Gasteiger partial charge in [-0.2, -0.15) is 0 Å². The Bertz CT molecular complexity index is 615. The average Bonchev–Trinajstić information content (AvgIpc) is 2.71. The molecule has 5 nitrogen and oxygen atoms in total. The van der Waals surface area contributed by atoms with E-state index in [-0.39, 0.29) is 0 Å². The molecular formula is C22H29N3O2. The Hall–Kier alpha value is -2.63. The largest absolute Gasteiger partial charge is 0.387 e. The predicted molar refractivity (Wildman–Crippen MR) is 108 cm³/mol. The first kappa shape index (κ1) is 22.4. The Morgan fingerprint density at radius 1 is 0.556 bits per heavy atom. The molecule has 0 saturated carbocycles. The van der Waals surface area contributed by atoms with Gasteiger partial charge in [-0.3, -0.25) is 15.0 Å². The molecule has 144 valence electrons. The summed E-state index contributed by atoms with van der Waals surface area (Å²) in [6.07, 6.45) is 4.26. The average molecular weight is 367 g/mol. The highest BCUT2D eigenvalue weighted by Gasteiger charge is 1.98. The van der Waals surface area contributed by atoms with Crippen LogP contribution in [0, 0.1) is 0 Å². The molecule has 0 aliphatic carbocycles. The summed E-state index contributed by atoms with van der Waals surface area (Å²) in [5.74, 6) is 0.547. The molecule has 0 aliphatic rings. The van der Waals surface area contributed by atoms with Crippen molar-refractivity contribution in [1.82, 2.24) is 15.0 Å². The molecule has 0 bridgehead atoms. The molecule has 0 amide bonds. The molecule has 0 spiro atoms. The SMILES string of the molecule is CC(C)c1ccccn1.CC(O)c1ccccn1.C[C@@H](O)c1ccccn1. The van der Waals surface area contributed by atoms with Gasteiger partial charge in [0, 0.05) is 24.3 Å². The molecule has 27 heavy (non-hydrogen) atoms. The Morgan fingerprint density at radius 2 is 0.889 bits per heavy atom. The van der Waals surface area contributed by atoms with Crippen molar-refractivity contribution in [3.05, 3.63) is 90.3 Å². The summed E-state index contributed by atoms with van der Waals surface area (Å²) in [5.41, 5.74) is 2.60. The number of aliphatic hydroxyl groups excluding tert-OH is 2. The zero-order valence-electron chi connectivity index (χ0n) is 16.4. The lowest BCUT2D eigenvalue weighted by molar-refractivity contribution is 0.194. The van der Waals surface area contributed by atoms with Crippen molar-refractivity contribution < 1.29 is 10.2 Å². The zero-order chi connectivity index (χ0) is 20.1. The van der Waals surface area contributed by atoms with E-state index >= 15 is 0 Å². The first-order chi connectivity index (χ1) is 12.9. The van der Waals surface area contributed by atoms with E-state index in [4.69, 9.17) is 10.2 Å². The van der Waals surface area contributed by atoms with Crippen LogP contribution in [0.25, 0.3) is 0 Å². The topological polar surface area (TPSA) is 79.1 Å². The molecule has 3 aromatic heterocycles. The third kappa shape index (κ3) is 9.58. The number of hydrogen-bond donors (Lipinski definition) is 2. The van der Waals surface area contributed by atoms with Crippen LogP contribution < -0.4 is 0 Å². The Kier molecular flexibility index (Phi) is 10.5. The van der Waals surface area contributed by atoms with Crippen molar-refractivity contribution in [2.45, 2.75) is 45.8 Å². The maximum atomic E-state index is 8.96. The third-order valence-corrected chi connectivity index (χ3v) is 3.51. The lowest BCUT2D eigenvalue weighted by Crippen LogP contribution is -1.92. The molecule has 0 fully saturated rings. The van der Waals surface area contributed by atoms with Crippen LogP contribution in [0.1, 0.15) is 62.9 Å². The van der Waals surface area contributed by atoms with Crippen LogP contribution in [-0.2, 0) is 0 Å². The number of pyridine rings is 3. The quantitative estimate of drug-likeness (QED) is 0.714. The maximum absolute atomic E-state index is 8.96. The van der Waals surface area contributed by atoms with E-state index in [2.05, 4.69) is 28.8 Å². The highest BCUT2D eigenvalue weighted by molar-refractivity contribution is 5.07. The fourth-order valence-corrected chi connectivity index (χ4v) is 1.96. The second-order valence-electron chi connectivity index (χ2n) is 6.27. The highest BCUT2D eigenvalue weighted by atomic mass is 16.3. The molecule has 0 saturated heterocycles. The van der Waals surface area contributed by atoms with Crippen LogP contribution >= 0.6 is 0 Å². The number of nitrogens with zero attached hydrogens (tertiary/aromatic N) is 3. The van der Waals surface area contributed by atoms with Gasteiger partial charge in [-0.05, 0) is 56.2 Å². The highest BCUT2D eigenvalue weighted by Crippen LogP contribution is 2.08. The summed E-state index contributed by atoms with van der Waals surface area (Å²) in [4.78, 5) is 12.0. The zero-order valence-corrected chi connectivity index (χ0v) is 16.4. The van der Waals surface area contributed by atoms with Crippen LogP contribution in [0.3, 0.4) is 0 Å². The first-order valence-corrected chi connectivity index (χ1v) is 9.00. The van der Waals surface area contributed by atoms with Crippen LogP contribution in [-0.4, -0.2) is 25.2 Å². The van der Waals surface area contributed by atoms with Crippen molar-refractivity contribution in [1.29, 1.82) is 0 Å². The van der Waals surface area contributed by atoms with E-state index in [1.165, 1.54) is 0 Å². The van der Waals surface area contributed by atoms with Gasteiger partial charge < -0.3 is 10.2 Å². The van der Waals surface area contributed by atoms with Gasteiger partial charge >= 0.3 is 0 Å². The molecule has 2 atom stereocenters. The van der Waals surface area contributed by atoms with Gasteiger partial charge in [0.25, 0.3) is 0 Å². The number of aliphatic hydroxyl groups is 2. The minimum absolute atomic E-state index is 0.453. The fraction of sp³-hybridized carbons (Fsp3) is 0.318. The van der Waals surface area contributed by atoms with E-state index in [0.717, 1.165) is 17.1 Å². The summed E-state index contributed by atoms with van der Waals surface area (Å²) in [7, 11) is 0. The molecule has 0 aliphatic heterocycles. The molecule has 3 aromatic rings. The monoisotopic (exact) mass is 367 g/mol. The van der Waals surface area contributed by atoms with Gasteiger partial charge in [-0.25, -0.2) is 0 Å².